The van der Waals surface area contributed by atoms with Crippen LogP contribution in [0.25, 0.3) is 0 Å². The van der Waals surface area contributed by atoms with Gasteiger partial charge in [-0.3, -0.25) is 4.79 Å². The average molecular weight is 141 g/mol. The monoisotopic (exact) mass is 141 g/mol. The summed E-state index contributed by atoms with van der Waals surface area (Å²) in [5.74, 6) is 0.0556. The molecule has 0 aromatic heterocycles. The van der Waals surface area contributed by atoms with Crippen LogP contribution in [0.1, 0.15) is 20.3 Å². The Hall–Kier alpha value is -0.790. The third kappa shape index (κ3) is 2.21. The zero-order valence-electron chi connectivity index (χ0n) is 6.90. The van der Waals surface area contributed by atoms with Gasteiger partial charge in [-0.1, -0.05) is 19.1 Å². The van der Waals surface area contributed by atoms with Gasteiger partial charge in [-0.05, 0) is 13.3 Å². The number of hydrogen-bond donors (Lipinski definition) is 1. The van der Waals surface area contributed by atoms with Crippen LogP contribution in [0.2, 0.25) is 0 Å². The molecule has 0 saturated carbocycles. The summed E-state index contributed by atoms with van der Waals surface area (Å²) < 4.78 is 0. The van der Waals surface area contributed by atoms with Crippen LogP contribution in [-0.2, 0) is 4.79 Å². The Morgan fingerprint density at radius 3 is 2.30 bits per heavy atom. The Bertz CT molecular complexity index is 140. The molecular formula is C8H15NO. The quantitative estimate of drug-likeness (QED) is 0.590. The third-order valence-electron chi connectivity index (χ3n) is 1.57. The number of carbonyl (C=O) groups is 1. The van der Waals surface area contributed by atoms with Crippen molar-refractivity contribution in [2.24, 2.45) is 5.92 Å². The molecule has 0 fully saturated rings. The molecule has 0 aliphatic heterocycles. The van der Waals surface area contributed by atoms with Gasteiger partial charge in [0.1, 0.15) is 0 Å². The predicted octanol–water partition coefficient (Wildman–Crippen LogP) is 1.33. The lowest BCUT2D eigenvalue weighted by molar-refractivity contribution is -0.123. The topological polar surface area (TPSA) is 29.1 Å². The molecule has 0 saturated heterocycles. The van der Waals surface area contributed by atoms with E-state index in [-0.39, 0.29) is 11.8 Å². The Balaban J connectivity index is 4.06. The Morgan fingerprint density at radius 2 is 2.20 bits per heavy atom. The Kier molecular flexibility index (Phi) is 3.77. The maximum absolute atomic E-state index is 11.0. The van der Waals surface area contributed by atoms with Crippen molar-refractivity contribution < 1.29 is 4.79 Å². The molecule has 0 bridgehead atoms. The first-order valence-corrected chi connectivity index (χ1v) is 3.50. The number of hydrogen-bond acceptors (Lipinski definition) is 1. The first kappa shape index (κ1) is 9.21. The molecule has 0 aliphatic rings. The molecule has 0 heterocycles. The summed E-state index contributed by atoms with van der Waals surface area (Å²) in [6.07, 6.45) is 0.828. The summed E-state index contributed by atoms with van der Waals surface area (Å²) in [5, 5.41) is 2.60. The highest BCUT2D eigenvalue weighted by molar-refractivity contribution is 5.80. The van der Waals surface area contributed by atoms with Crippen LogP contribution < -0.4 is 5.32 Å². The van der Waals surface area contributed by atoms with Gasteiger partial charge in [0.05, 0.1) is 5.92 Å². The van der Waals surface area contributed by atoms with E-state index in [4.69, 9.17) is 0 Å². The SMILES string of the molecule is C=C(C)C(CC)C(=O)NC. The van der Waals surface area contributed by atoms with Crippen molar-refractivity contribution in [1.29, 1.82) is 0 Å². The van der Waals surface area contributed by atoms with Crippen molar-refractivity contribution in [1.82, 2.24) is 5.32 Å². The van der Waals surface area contributed by atoms with Crippen LogP contribution in [0.4, 0.5) is 0 Å². The van der Waals surface area contributed by atoms with Gasteiger partial charge < -0.3 is 5.32 Å². The minimum absolute atomic E-state index is 0.00926. The maximum Gasteiger partial charge on any atom is 0.226 e. The van der Waals surface area contributed by atoms with Gasteiger partial charge in [-0.15, -0.1) is 0 Å². The zero-order chi connectivity index (χ0) is 8.15. The molecule has 10 heavy (non-hydrogen) atoms. The van der Waals surface area contributed by atoms with Crippen LogP contribution in [0.15, 0.2) is 12.2 Å². The van der Waals surface area contributed by atoms with Crippen LogP contribution in [-0.4, -0.2) is 13.0 Å². The van der Waals surface area contributed by atoms with Crippen molar-refractivity contribution in [3.05, 3.63) is 12.2 Å². The minimum Gasteiger partial charge on any atom is -0.359 e. The van der Waals surface area contributed by atoms with Gasteiger partial charge in [-0.2, -0.15) is 0 Å². The minimum atomic E-state index is -0.00926. The van der Waals surface area contributed by atoms with E-state index in [1.165, 1.54) is 0 Å². The lowest BCUT2D eigenvalue weighted by Gasteiger charge is -2.11. The van der Waals surface area contributed by atoms with Gasteiger partial charge in [0.25, 0.3) is 0 Å². The van der Waals surface area contributed by atoms with Crippen molar-refractivity contribution in [3.8, 4) is 0 Å². The fourth-order valence-electron chi connectivity index (χ4n) is 0.932. The second kappa shape index (κ2) is 4.09. The number of carbonyl (C=O) groups excluding carboxylic acids is 1. The summed E-state index contributed by atoms with van der Waals surface area (Å²) in [6.45, 7) is 7.59. The van der Waals surface area contributed by atoms with Crippen molar-refractivity contribution >= 4 is 5.91 Å². The van der Waals surface area contributed by atoms with Gasteiger partial charge in [0.15, 0.2) is 0 Å². The van der Waals surface area contributed by atoms with E-state index in [0.717, 1.165) is 12.0 Å². The Labute approximate surface area is 62.3 Å². The normalized spacial score (nSPS) is 12.3. The van der Waals surface area contributed by atoms with E-state index in [9.17, 15) is 4.79 Å². The molecule has 1 atom stereocenters. The van der Waals surface area contributed by atoms with Crippen molar-refractivity contribution in [2.75, 3.05) is 7.05 Å². The highest BCUT2D eigenvalue weighted by Crippen LogP contribution is 2.11. The first-order chi connectivity index (χ1) is 4.63. The van der Waals surface area contributed by atoms with Crippen LogP contribution >= 0.6 is 0 Å². The van der Waals surface area contributed by atoms with Gasteiger partial charge in [0, 0.05) is 7.05 Å². The number of amides is 1. The number of nitrogens with one attached hydrogen (secondary N) is 1. The molecule has 0 aromatic carbocycles. The van der Waals surface area contributed by atoms with E-state index in [0.29, 0.717) is 0 Å². The molecule has 1 unspecified atom stereocenters. The highest BCUT2D eigenvalue weighted by Gasteiger charge is 2.14. The summed E-state index contributed by atoms with van der Waals surface area (Å²) in [6, 6.07) is 0. The van der Waals surface area contributed by atoms with Crippen LogP contribution in [0.3, 0.4) is 0 Å². The van der Waals surface area contributed by atoms with E-state index in [1.54, 1.807) is 7.05 Å². The predicted molar refractivity (Wildman–Crippen MR) is 42.7 cm³/mol. The summed E-state index contributed by atoms with van der Waals surface area (Å²) in [5.41, 5.74) is 0.932. The molecule has 0 aliphatic carbocycles. The van der Waals surface area contributed by atoms with Gasteiger partial charge >= 0.3 is 0 Å². The van der Waals surface area contributed by atoms with Crippen LogP contribution in [0, 0.1) is 5.92 Å². The average Bonchev–Trinajstić information content (AvgIpc) is 1.88. The first-order valence-electron chi connectivity index (χ1n) is 3.50. The molecule has 0 spiro atoms. The van der Waals surface area contributed by atoms with Crippen molar-refractivity contribution in [2.45, 2.75) is 20.3 Å². The molecule has 1 amide bonds. The summed E-state index contributed by atoms with van der Waals surface area (Å²) >= 11 is 0. The second-order valence-electron chi connectivity index (χ2n) is 2.42. The lowest BCUT2D eigenvalue weighted by atomic mass is 9.98. The highest BCUT2D eigenvalue weighted by atomic mass is 16.1. The van der Waals surface area contributed by atoms with E-state index in [1.807, 2.05) is 13.8 Å². The summed E-state index contributed by atoms with van der Waals surface area (Å²) in [7, 11) is 1.65. The maximum atomic E-state index is 11.0. The van der Waals surface area contributed by atoms with E-state index < -0.39 is 0 Å². The van der Waals surface area contributed by atoms with Crippen molar-refractivity contribution in [3.63, 3.8) is 0 Å². The summed E-state index contributed by atoms with van der Waals surface area (Å²) in [4.78, 5) is 11.0. The largest absolute Gasteiger partial charge is 0.359 e. The van der Waals surface area contributed by atoms with Gasteiger partial charge in [0.2, 0.25) is 5.91 Å². The molecule has 0 radical (unpaired) electrons. The van der Waals surface area contributed by atoms with Crippen LogP contribution in [0.5, 0.6) is 0 Å². The zero-order valence-corrected chi connectivity index (χ0v) is 6.90. The molecule has 1 N–H and O–H groups in total. The Morgan fingerprint density at radius 1 is 1.70 bits per heavy atom. The fraction of sp³-hybridized carbons (Fsp3) is 0.625. The standard InChI is InChI=1S/C8H15NO/c1-5-7(6(2)3)8(10)9-4/h7H,2,5H2,1,3-4H3,(H,9,10). The van der Waals surface area contributed by atoms with E-state index >= 15 is 0 Å². The smallest absolute Gasteiger partial charge is 0.226 e. The molecule has 2 heteroatoms. The molecule has 0 rings (SSSR count). The van der Waals surface area contributed by atoms with E-state index in [2.05, 4.69) is 11.9 Å². The lowest BCUT2D eigenvalue weighted by Crippen LogP contribution is -2.27. The molecular weight excluding hydrogens is 126 g/mol. The fourth-order valence-corrected chi connectivity index (χ4v) is 0.932. The molecule has 2 nitrogen and oxygen atoms in total. The third-order valence-corrected chi connectivity index (χ3v) is 1.57. The number of rotatable bonds is 3. The molecule has 0 aromatic rings. The second-order valence-corrected chi connectivity index (χ2v) is 2.42. The molecule has 58 valence electrons. The van der Waals surface area contributed by atoms with Gasteiger partial charge in [-0.25, -0.2) is 0 Å².